The van der Waals surface area contributed by atoms with E-state index in [9.17, 15) is 0 Å². The fourth-order valence-electron chi connectivity index (χ4n) is 0.995. The third kappa shape index (κ3) is 2.42. The number of benzene rings is 1. The fourth-order valence-corrected chi connectivity index (χ4v) is 0.995. The van der Waals surface area contributed by atoms with Crippen molar-refractivity contribution >= 4 is 0 Å². The molecule has 0 aliphatic carbocycles. The Hall–Kier alpha value is -1.64. The van der Waals surface area contributed by atoms with Crippen molar-refractivity contribution in [2.75, 3.05) is 0 Å². The van der Waals surface area contributed by atoms with Gasteiger partial charge in [-0.05, 0) is 19.1 Å². The van der Waals surface area contributed by atoms with E-state index in [0.29, 0.717) is 11.7 Å². The van der Waals surface area contributed by atoms with Crippen molar-refractivity contribution < 1.29 is 4.52 Å². The highest BCUT2D eigenvalue weighted by molar-refractivity contribution is 5.51. The predicted octanol–water partition coefficient (Wildman–Crippen LogP) is 3.07. The third-order valence-electron chi connectivity index (χ3n) is 1.55. The first-order chi connectivity index (χ1) is 6.86. The molecule has 0 N–H and O–H groups in total. The summed E-state index contributed by atoms with van der Waals surface area (Å²) >= 11 is 0. The van der Waals surface area contributed by atoms with Gasteiger partial charge in [0.05, 0.1) is 0 Å². The van der Waals surface area contributed by atoms with Crippen LogP contribution < -0.4 is 0 Å². The van der Waals surface area contributed by atoms with Gasteiger partial charge in [0.2, 0.25) is 0 Å². The number of rotatable bonds is 1. The highest BCUT2D eigenvalue weighted by Gasteiger charge is 2.03. The molecule has 0 unspecified atom stereocenters. The molecule has 14 heavy (non-hydrogen) atoms. The first-order valence-corrected chi connectivity index (χ1v) is 4.72. The Morgan fingerprint density at radius 1 is 1.07 bits per heavy atom. The minimum absolute atomic E-state index is 0.577. The molecular formula is C11H14N2O. The summed E-state index contributed by atoms with van der Waals surface area (Å²) in [6, 6.07) is 9.70. The lowest BCUT2D eigenvalue weighted by molar-refractivity contribution is 0.425. The lowest BCUT2D eigenvalue weighted by atomic mass is 10.2. The van der Waals surface area contributed by atoms with Crippen LogP contribution in [0.5, 0.6) is 0 Å². The molecule has 2 rings (SSSR count). The van der Waals surface area contributed by atoms with Gasteiger partial charge in [0, 0.05) is 5.56 Å². The molecule has 0 saturated heterocycles. The smallest absolute Gasteiger partial charge is 0.257 e. The molecule has 0 saturated carbocycles. The number of hydrogen-bond donors (Lipinski definition) is 0. The van der Waals surface area contributed by atoms with Crippen molar-refractivity contribution in [1.82, 2.24) is 10.1 Å². The van der Waals surface area contributed by atoms with Crippen LogP contribution in [0, 0.1) is 6.92 Å². The van der Waals surface area contributed by atoms with Crippen LogP contribution in [0.3, 0.4) is 0 Å². The van der Waals surface area contributed by atoms with Crippen LogP contribution in [0.2, 0.25) is 0 Å². The van der Waals surface area contributed by atoms with Gasteiger partial charge in [-0.3, -0.25) is 0 Å². The molecule has 0 bridgehead atoms. The lowest BCUT2D eigenvalue weighted by Crippen LogP contribution is -1.76. The summed E-state index contributed by atoms with van der Waals surface area (Å²) in [5, 5.41) is 3.71. The Bertz CT molecular complexity index is 368. The SMILES string of the molecule is CC.Cc1noc(-c2ccccc2)n1. The zero-order valence-corrected chi connectivity index (χ0v) is 8.69. The van der Waals surface area contributed by atoms with Crippen LogP contribution in [-0.4, -0.2) is 10.1 Å². The second-order valence-electron chi connectivity index (χ2n) is 2.51. The Morgan fingerprint density at radius 3 is 2.21 bits per heavy atom. The maximum Gasteiger partial charge on any atom is 0.257 e. The Labute approximate surface area is 83.8 Å². The lowest BCUT2D eigenvalue weighted by Gasteiger charge is -1.89. The molecule has 3 heteroatoms. The quantitative estimate of drug-likeness (QED) is 0.693. The zero-order valence-electron chi connectivity index (χ0n) is 8.69. The summed E-state index contributed by atoms with van der Waals surface area (Å²) in [6.07, 6.45) is 0. The topological polar surface area (TPSA) is 38.9 Å². The molecule has 2 aromatic rings. The average molecular weight is 190 g/mol. The second kappa shape index (κ2) is 5.17. The zero-order chi connectivity index (χ0) is 10.4. The van der Waals surface area contributed by atoms with Gasteiger partial charge in [-0.25, -0.2) is 0 Å². The van der Waals surface area contributed by atoms with Crippen LogP contribution in [0.15, 0.2) is 34.9 Å². The third-order valence-corrected chi connectivity index (χ3v) is 1.55. The number of nitrogens with zero attached hydrogens (tertiary/aromatic N) is 2. The van der Waals surface area contributed by atoms with E-state index in [1.165, 1.54) is 0 Å². The van der Waals surface area contributed by atoms with Gasteiger partial charge in [0.1, 0.15) is 0 Å². The van der Waals surface area contributed by atoms with Crippen molar-refractivity contribution in [3.05, 3.63) is 36.2 Å². The number of aryl methyl sites for hydroxylation is 1. The number of hydrogen-bond acceptors (Lipinski definition) is 3. The van der Waals surface area contributed by atoms with Gasteiger partial charge < -0.3 is 4.52 Å². The second-order valence-corrected chi connectivity index (χ2v) is 2.51. The molecule has 1 heterocycles. The van der Waals surface area contributed by atoms with E-state index in [1.54, 1.807) is 6.92 Å². The molecule has 0 radical (unpaired) electrons. The van der Waals surface area contributed by atoms with E-state index in [0.717, 1.165) is 5.56 Å². The van der Waals surface area contributed by atoms with Gasteiger partial charge in [-0.1, -0.05) is 37.2 Å². The van der Waals surface area contributed by atoms with Gasteiger partial charge in [-0.2, -0.15) is 4.98 Å². The van der Waals surface area contributed by atoms with E-state index < -0.39 is 0 Å². The Balaban J connectivity index is 0.000000461. The first kappa shape index (κ1) is 10.4. The van der Waals surface area contributed by atoms with Crippen molar-refractivity contribution in [3.8, 4) is 11.5 Å². The average Bonchev–Trinajstić information content (AvgIpc) is 2.69. The van der Waals surface area contributed by atoms with Crippen LogP contribution in [0.25, 0.3) is 11.5 Å². The first-order valence-electron chi connectivity index (χ1n) is 4.72. The predicted molar refractivity (Wildman–Crippen MR) is 55.8 cm³/mol. The van der Waals surface area contributed by atoms with E-state index >= 15 is 0 Å². The normalized spacial score (nSPS) is 9.07. The molecule has 0 fully saturated rings. The largest absolute Gasteiger partial charge is 0.334 e. The summed E-state index contributed by atoms with van der Waals surface area (Å²) in [7, 11) is 0. The minimum Gasteiger partial charge on any atom is -0.334 e. The van der Waals surface area contributed by atoms with Crippen LogP contribution in [0.4, 0.5) is 0 Å². The van der Waals surface area contributed by atoms with Gasteiger partial charge in [0.15, 0.2) is 5.82 Å². The highest BCUT2D eigenvalue weighted by Crippen LogP contribution is 2.15. The van der Waals surface area contributed by atoms with Gasteiger partial charge in [0.25, 0.3) is 5.89 Å². The van der Waals surface area contributed by atoms with Crippen molar-refractivity contribution in [2.24, 2.45) is 0 Å². The molecule has 1 aromatic carbocycles. The maximum atomic E-state index is 4.99. The standard InChI is InChI=1S/C9H8N2O.C2H6/c1-7-10-9(12-11-7)8-5-3-2-4-6-8;1-2/h2-6H,1H3;1-2H3. The van der Waals surface area contributed by atoms with Crippen LogP contribution >= 0.6 is 0 Å². The summed E-state index contributed by atoms with van der Waals surface area (Å²) < 4.78 is 4.99. The summed E-state index contributed by atoms with van der Waals surface area (Å²) in [4.78, 5) is 4.10. The van der Waals surface area contributed by atoms with Gasteiger partial charge in [-0.15, -0.1) is 0 Å². The molecule has 0 aliphatic heterocycles. The van der Waals surface area contributed by atoms with E-state index in [2.05, 4.69) is 10.1 Å². The van der Waals surface area contributed by atoms with E-state index in [4.69, 9.17) is 4.52 Å². The summed E-state index contributed by atoms with van der Waals surface area (Å²) in [6.45, 7) is 5.80. The minimum atomic E-state index is 0.577. The van der Waals surface area contributed by atoms with Crippen LogP contribution in [0.1, 0.15) is 19.7 Å². The van der Waals surface area contributed by atoms with E-state index in [1.807, 2.05) is 44.2 Å². The monoisotopic (exact) mass is 190 g/mol. The maximum absolute atomic E-state index is 4.99. The van der Waals surface area contributed by atoms with Crippen molar-refractivity contribution in [3.63, 3.8) is 0 Å². The van der Waals surface area contributed by atoms with Crippen LogP contribution in [-0.2, 0) is 0 Å². The molecule has 0 amide bonds. The van der Waals surface area contributed by atoms with Gasteiger partial charge >= 0.3 is 0 Å². The summed E-state index contributed by atoms with van der Waals surface area (Å²) in [5.41, 5.74) is 0.957. The molecule has 74 valence electrons. The molecule has 3 nitrogen and oxygen atoms in total. The molecular weight excluding hydrogens is 176 g/mol. The molecule has 0 spiro atoms. The van der Waals surface area contributed by atoms with Crippen molar-refractivity contribution in [2.45, 2.75) is 20.8 Å². The number of aromatic nitrogens is 2. The van der Waals surface area contributed by atoms with E-state index in [-0.39, 0.29) is 0 Å². The summed E-state index contributed by atoms with van der Waals surface area (Å²) in [5.74, 6) is 1.24. The van der Waals surface area contributed by atoms with Crippen molar-refractivity contribution in [1.29, 1.82) is 0 Å². The molecule has 0 atom stereocenters. The Kier molecular flexibility index (Phi) is 3.85. The molecule has 1 aromatic heterocycles. The Morgan fingerprint density at radius 2 is 1.71 bits per heavy atom. The molecule has 0 aliphatic rings. The highest BCUT2D eigenvalue weighted by atomic mass is 16.5. The fraction of sp³-hybridized carbons (Fsp3) is 0.273.